The first-order valence-corrected chi connectivity index (χ1v) is 11.7. The zero-order chi connectivity index (χ0) is 20.3. The van der Waals surface area contributed by atoms with Gasteiger partial charge >= 0.3 is 29.6 Å². The van der Waals surface area contributed by atoms with Crippen molar-refractivity contribution in [2.45, 2.75) is 97.2 Å². The zero-order valence-corrected chi connectivity index (χ0v) is 21.4. The molecule has 4 fully saturated rings. The Morgan fingerprint density at radius 1 is 1.07 bits per heavy atom. The number of rotatable bonds is 4. The molecule has 4 aliphatic rings. The van der Waals surface area contributed by atoms with E-state index in [0.717, 1.165) is 32.1 Å². The number of aliphatic carboxylic acids is 1. The first kappa shape index (κ1) is 26.6. The largest absolute Gasteiger partial charge is 1.00 e. The SMILES string of the molecule is C[C@H](CCC(=O)[O-])C1CCC2C3CCC4C[C@H](O)CC[C@]4(C)C3C[C@H](O)[C@@]21C.O.[Na+]. The number of hydrogen-bond donors (Lipinski definition) is 2. The van der Waals surface area contributed by atoms with Crippen LogP contribution < -0.4 is 34.7 Å². The smallest absolute Gasteiger partial charge is 0.550 e. The van der Waals surface area contributed by atoms with Crippen molar-refractivity contribution in [3.8, 4) is 0 Å². The molecule has 5 nitrogen and oxygen atoms in total. The molecule has 4 N–H and O–H groups in total. The van der Waals surface area contributed by atoms with Crippen LogP contribution in [-0.4, -0.2) is 33.9 Å². The van der Waals surface area contributed by atoms with Gasteiger partial charge in [0.05, 0.1) is 12.2 Å². The number of aliphatic hydroxyl groups is 2. The first-order valence-electron chi connectivity index (χ1n) is 11.7. The number of carbonyl (C=O) groups is 1. The van der Waals surface area contributed by atoms with Gasteiger partial charge in [0.2, 0.25) is 0 Å². The average molecular weight is 433 g/mol. The third kappa shape index (κ3) is 4.17. The Morgan fingerprint density at radius 2 is 1.77 bits per heavy atom. The van der Waals surface area contributed by atoms with Crippen molar-refractivity contribution in [2.24, 2.45) is 46.3 Å². The fourth-order valence-electron chi connectivity index (χ4n) is 8.71. The molecule has 4 saturated carbocycles. The topological polar surface area (TPSA) is 112 Å². The van der Waals surface area contributed by atoms with Crippen LogP contribution in [-0.2, 0) is 4.79 Å². The molecule has 10 atom stereocenters. The molecule has 0 aromatic heterocycles. The third-order valence-electron chi connectivity index (χ3n) is 10.3. The van der Waals surface area contributed by atoms with E-state index in [1.54, 1.807) is 0 Å². The van der Waals surface area contributed by atoms with E-state index in [-0.39, 0.29) is 64.5 Å². The second kappa shape index (κ2) is 9.69. The van der Waals surface area contributed by atoms with Crippen LogP contribution in [0.3, 0.4) is 0 Å². The van der Waals surface area contributed by atoms with Crippen molar-refractivity contribution in [2.75, 3.05) is 0 Å². The minimum Gasteiger partial charge on any atom is -0.550 e. The molecular formula is C24H41NaO5. The van der Waals surface area contributed by atoms with E-state index in [0.29, 0.717) is 41.9 Å². The van der Waals surface area contributed by atoms with Crippen LogP contribution in [0.5, 0.6) is 0 Å². The van der Waals surface area contributed by atoms with E-state index in [1.807, 2.05) is 0 Å². The minimum atomic E-state index is -0.957. The molecule has 6 heteroatoms. The summed E-state index contributed by atoms with van der Waals surface area (Å²) in [6, 6.07) is 0. The predicted octanol–water partition coefficient (Wildman–Crippen LogP) is -0.677. The van der Waals surface area contributed by atoms with E-state index in [9.17, 15) is 20.1 Å². The van der Waals surface area contributed by atoms with Gasteiger partial charge in [0, 0.05) is 5.97 Å². The zero-order valence-electron chi connectivity index (χ0n) is 19.4. The van der Waals surface area contributed by atoms with Crippen molar-refractivity contribution in [3.63, 3.8) is 0 Å². The molecule has 4 aliphatic carbocycles. The van der Waals surface area contributed by atoms with Crippen molar-refractivity contribution in [1.82, 2.24) is 0 Å². The number of carboxylic acids is 1. The van der Waals surface area contributed by atoms with Crippen LogP contribution in [0.15, 0.2) is 0 Å². The molecule has 0 heterocycles. The van der Waals surface area contributed by atoms with Crippen molar-refractivity contribution < 1.29 is 55.1 Å². The van der Waals surface area contributed by atoms with Gasteiger partial charge in [-0.05, 0) is 111 Å². The molecule has 0 aromatic rings. The summed E-state index contributed by atoms with van der Waals surface area (Å²) in [5.74, 6) is 2.19. The fraction of sp³-hybridized carbons (Fsp3) is 0.958. The summed E-state index contributed by atoms with van der Waals surface area (Å²) in [5, 5.41) is 32.6. The Bertz CT molecular complexity index is 614. The Labute approximate surface area is 204 Å². The van der Waals surface area contributed by atoms with Gasteiger partial charge in [0.25, 0.3) is 0 Å². The molecule has 0 radical (unpaired) electrons. The van der Waals surface area contributed by atoms with Gasteiger partial charge in [-0.15, -0.1) is 0 Å². The van der Waals surface area contributed by atoms with Crippen LogP contribution >= 0.6 is 0 Å². The summed E-state index contributed by atoms with van der Waals surface area (Å²) in [6.07, 6.45) is 8.98. The van der Waals surface area contributed by atoms with E-state index >= 15 is 0 Å². The molecule has 168 valence electrons. The maximum Gasteiger partial charge on any atom is 1.00 e. The summed E-state index contributed by atoms with van der Waals surface area (Å²) in [5.41, 5.74) is 0.188. The molecular weight excluding hydrogens is 391 g/mol. The molecule has 0 spiro atoms. The summed E-state index contributed by atoms with van der Waals surface area (Å²) < 4.78 is 0. The summed E-state index contributed by atoms with van der Waals surface area (Å²) in [7, 11) is 0. The number of aliphatic hydroxyl groups excluding tert-OH is 2. The van der Waals surface area contributed by atoms with E-state index < -0.39 is 5.97 Å². The average Bonchev–Trinajstić information content (AvgIpc) is 3.00. The van der Waals surface area contributed by atoms with Crippen molar-refractivity contribution >= 4 is 5.97 Å². The monoisotopic (exact) mass is 432 g/mol. The second-order valence-corrected chi connectivity index (χ2v) is 11.3. The molecule has 5 unspecified atom stereocenters. The molecule has 30 heavy (non-hydrogen) atoms. The first-order chi connectivity index (χ1) is 13.2. The van der Waals surface area contributed by atoms with E-state index in [1.165, 1.54) is 19.3 Å². The summed E-state index contributed by atoms with van der Waals surface area (Å²) in [6.45, 7) is 6.94. The fourth-order valence-corrected chi connectivity index (χ4v) is 8.71. The maximum absolute atomic E-state index is 11.5. The van der Waals surface area contributed by atoms with Crippen LogP contribution in [0.4, 0.5) is 0 Å². The molecule has 0 bridgehead atoms. The van der Waals surface area contributed by atoms with Gasteiger partial charge in [0.15, 0.2) is 0 Å². The molecule has 4 rings (SSSR count). The van der Waals surface area contributed by atoms with Crippen molar-refractivity contribution in [3.05, 3.63) is 0 Å². The quantitative estimate of drug-likeness (QED) is 0.574. The molecule has 0 amide bonds. The van der Waals surface area contributed by atoms with Gasteiger partial charge < -0.3 is 25.6 Å². The number of hydrogen-bond acceptors (Lipinski definition) is 4. The van der Waals surface area contributed by atoms with Crippen molar-refractivity contribution in [1.29, 1.82) is 0 Å². The van der Waals surface area contributed by atoms with Gasteiger partial charge in [-0.1, -0.05) is 20.8 Å². The maximum atomic E-state index is 11.5. The minimum absolute atomic E-state index is 0. The summed E-state index contributed by atoms with van der Waals surface area (Å²) >= 11 is 0. The third-order valence-corrected chi connectivity index (χ3v) is 10.3. The second-order valence-electron chi connectivity index (χ2n) is 11.3. The van der Waals surface area contributed by atoms with E-state index in [2.05, 4.69) is 20.8 Å². The molecule has 0 aliphatic heterocycles. The standard InChI is InChI=1S/C24H40O4.Na.H2O/c1-14(4-9-22(27)28)18-7-8-19-17-6-5-15-12-16(25)10-11-23(15,2)20(17)13-21(26)24(18,19)3;;/h14-21,25-26H,4-13H2,1-3H3,(H,27,28);;1H2/q;+1;/p-1/t14-,15?,16-,17?,18?,19?,20?,21+,23+,24-;;/m1../s1. The Kier molecular flexibility index (Phi) is 8.59. The molecule has 0 aromatic carbocycles. The van der Waals surface area contributed by atoms with Gasteiger partial charge in [-0.2, -0.15) is 0 Å². The Balaban J connectivity index is 0.00000160. The normalized spacial score (nSPS) is 48.2. The van der Waals surface area contributed by atoms with Crippen LogP contribution in [0.25, 0.3) is 0 Å². The van der Waals surface area contributed by atoms with E-state index in [4.69, 9.17) is 0 Å². The molecule has 0 saturated heterocycles. The number of fused-ring (bicyclic) bond motifs is 5. The Morgan fingerprint density at radius 3 is 2.43 bits per heavy atom. The predicted molar refractivity (Wildman–Crippen MR) is 110 cm³/mol. The van der Waals surface area contributed by atoms with Gasteiger partial charge in [0.1, 0.15) is 0 Å². The van der Waals surface area contributed by atoms with Crippen LogP contribution in [0.2, 0.25) is 0 Å². The van der Waals surface area contributed by atoms with Crippen LogP contribution in [0.1, 0.15) is 85.0 Å². The summed E-state index contributed by atoms with van der Waals surface area (Å²) in [4.78, 5) is 10.9. The van der Waals surface area contributed by atoms with Crippen LogP contribution in [0, 0.1) is 46.3 Å². The number of carboxylic acid groups (broad SMARTS) is 1. The van der Waals surface area contributed by atoms with Gasteiger partial charge in [-0.3, -0.25) is 0 Å². The van der Waals surface area contributed by atoms with Gasteiger partial charge in [-0.25, -0.2) is 0 Å². The number of carbonyl (C=O) groups excluding carboxylic acids is 1. The Hall–Kier alpha value is 0.350.